The molecular weight excluding hydrogens is 425 g/mol. The largest absolute Gasteiger partial charge is 0.468 e. The SMILES string of the molecule is COc1nc(NC(=O)c2ccc(Cl)cc2)c(C(=O)OC(C)(C)C)n1-c1ccc(F)cc1. The average Bonchev–Trinajstić information content (AvgIpc) is 3.06. The number of esters is 1. The molecule has 0 aliphatic rings. The Morgan fingerprint density at radius 2 is 1.68 bits per heavy atom. The molecule has 162 valence electrons. The monoisotopic (exact) mass is 445 g/mol. The van der Waals surface area contributed by atoms with Gasteiger partial charge in [0.2, 0.25) is 0 Å². The minimum atomic E-state index is -0.806. The van der Waals surface area contributed by atoms with E-state index in [4.69, 9.17) is 21.1 Å². The summed E-state index contributed by atoms with van der Waals surface area (Å²) >= 11 is 5.87. The number of benzene rings is 2. The number of carbonyl (C=O) groups is 2. The summed E-state index contributed by atoms with van der Waals surface area (Å²) in [4.78, 5) is 30.0. The fourth-order valence-electron chi connectivity index (χ4n) is 2.75. The van der Waals surface area contributed by atoms with Gasteiger partial charge in [0, 0.05) is 10.6 Å². The van der Waals surface area contributed by atoms with Crippen LogP contribution in [0.2, 0.25) is 5.02 Å². The lowest BCUT2D eigenvalue weighted by Gasteiger charge is -2.20. The summed E-state index contributed by atoms with van der Waals surface area (Å²) in [6.45, 7) is 5.14. The summed E-state index contributed by atoms with van der Waals surface area (Å²) in [5.41, 5.74) is -0.159. The van der Waals surface area contributed by atoms with Crippen molar-refractivity contribution >= 4 is 29.3 Å². The van der Waals surface area contributed by atoms with Gasteiger partial charge in [0.15, 0.2) is 11.5 Å². The highest BCUT2D eigenvalue weighted by Gasteiger charge is 2.30. The highest BCUT2D eigenvalue weighted by molar-refractivity contribution is 6.30. The molecule has 0 bridgehead atoms. The van der Waals surface area contributed by atoms with Gasteiger partial charge in [0.1, 0.15) is 11.4 Å². The topological polar surface area (TPSA) is 82.4 Å². The van der Waals surface area contributed by atoms with E-state index in [1.54, 1.807) is 45.0 Å². The van der Waals surface area contributed by atoms with Gasteiger partial charge in [0.25, 0.3) is 5.91 Å². The van der Waals surface area contributed by atoms with Gasteiger partial charge in [0.05, 0.1) is 12.8 Å². The van der Waals surface area contributed by atoms with Crippen LogP contribution in [0.25, 0.3) is 5.69 Å². The van der Waals surface area contributed by atoms with Crippen LogP contribution >= 0.6 is 11.6 Å². The van der Waals surface area contributed by atoms with Crippen molar-refractivity contribution in [3.63, 3.8) is 0 Å². The highest BCUT2D eigenvalue weighted by Crippen LogP contribution is 2.29. The normalized spacial score (nSPS) is 11.2. The first-order valence-corrected chi connectivity index (χ1v) is 9.70. The van der Waals surface area contributed by atoms with Gasteiger partial charge in [-0.25, -0.2) is 9.18 Å². The number of halogens is 2. The molecule has 1 aromatic heterocycles. The van der Waals surface area contributed by atoms with Crippen LogP contribution in [0, 0.1) is 5.82 Å². The smallest absolute Gasteiger partial charge is 0.359 e. The summed E-state index contributed by atoms with van der Waals surface area (Å²) in [7, 11) is 1.37. The first-order chi connectivity index (χ1) is 14.6. The van der Waals surface area contributed by atoms with E-state index >= 15 is 0 Å². The van der Waals surface area contributed by atoms with Gasteiger partial charge < -0.3 is 14.8 Å². The minimum absolute atomic E-state index is 0.0128. The minimum Gasteiger partial charge on any atom is -0.468 e. The maximum absolute atomic E-state index is 13.4. The van der Waals surface area contributed by atoms with Crippen LogP contribution in [0.3, 0.4) is 0 Å². The highest BCUT2D eigenvalue weighted by atomic mass is 35.5. The zero-order chi connectivity index (χ0) is 22.8. The van der Waals surface area contributed by atoms with E-state index in [0.29, 0.717) is 16.3 Å². The van der Waals surface area contributed by atoms with Gasteiger partial charge in [-0.15, -0.1) is 0 Å². The molecule has 0 unspecified atom stereocenters. The van der Waals surface area contributed by atoms with Crippen molar-refractivity contribution in [2.75, 3.05) is 12.4 Å². The molecule has 0 spiro atoms. The van der Waals surface area contributed by atoms with Gasteiger partial charge in [-0.1, -0.05) is 11.6 Å². The summed E-state index contributed by atoms with van der Waals surface area (Å²) < 4.78 is 25.6. The van der Waals surface area contributed by atoms with E-state index in [0.717, 1.165) is 0 Å². The van der Waals surface area contributed by atoms with E-state index in [1.807, 2.05) is 0 Å². The third-order valence-electron chi connectivity index (χ3n) is 4.04. The molecule has 3 aromatic rings. The van der Waals surface area contributed by atoms with Gasteiger partial charge >= 0.3 is 12.0 Å². The Kier molecular flexibility index (Phi) is 6.31. The Morgan fingerprint density at radius 1 is 1.06 bits per heavy atom. The molecule has 1 N–H and O–H groups in total. The van der Waals surface area contributed by atoms with Crippen LogP contribution in [-0.4, -0.2) is 34.1 Å². The summed E-state index contributed by atoms with van der Waals surface area (Å²) in [5, 5.41) is 3.10. The summed E-state index contributed by atoms with van der Waals surface area (Å²) in [6, 6.07) is 11.6. The Bertz CT molecular complexity index is 1100. The Morgan fingerprint density at radius 3 is 2.23 bits per heavy atom. The van der Waals surface area contributed by atoms with Crippen molar-refractivity contribution in [3.05, 3.63) is 70.6 Å². The molecule has 1 heterocycles. The second kappa shape index (κ2) is 8.77. The first kappa shape index (κ1) is 22.3. The molecule has 3 rings (SSSR count). The number of hydrogen-bond acceptors (Lipinski definition) is 5. The van der Waals surface area contributed by atoms with Crippen molar-refractivity contribution in [2.24, 2.45) is 0 Å². The predicted molar refractivity (Wildman–Crippen MR) is 115 cm³/mol. The number of nitrogens with one attached hydrogen (secondary N) is 1. The molecule has 0 aliphatic carbocycles. The van der Waals surface area contributed by atoms with Gasteiger partial charge in [-0.05, 0) is 69.3 Å². The van der Waals surface area contributed by atoms with E-state index in [-0.39, 0.29) is 17.5 Å². The lowest BCUT2D eigenvalue weighted by Crippen LogP contribution is -2.26. The number of methoxy groups -OCH3 is 1. The number of ether oxygens (including phenoxy) is 2. The standard InChI is InChI=1S/C22H21ClFN3O4/c1-22(2,3)31-20(29)17-18(25-19(28)13-5-7-14(23)8-6-13)26-21(30-4)27(17)16-11-9-15(24)10-12-16/h5-12H,1-4H3,(H,25,28). The number of rotatable bonds is 5. The number of anilines is 1. The van der Waals surface area contributed by atoms with Crippen molar-refractivity contribution < 1.29 is 23.5 Å². The fourth-order valence-corrected chi connectivity index (χ4v) is 2.88. The molecule has 9 heteroatoms. The quantitative estimate of drug-likeness (QED) is 0.566. The number of aromatic nitrogens is 2. The Labute approximate surface area is 183 Å². The van der Waals surface area contributed by atoms with Crippen LogP contribution in [-0.2, 0) is 4.74 Å². The van der Waals surface area contributed by atoms with Crippen molar-refractivity contribution in [2.45, 2.75) is 26.4 Å². The molecule has 1 amide bonds. The van der Waals surface area contributed by atoms with Crippen molar-refractivity contribution in [1.29, 1.82) is 0 Å². The van der Waals surface area contributed by atoms with Crippen LogP contribution in [0.1, 0.15) is 41.6 Å². The number of carbonyl (C=O) groups excluding carboxylic acids is 2. The van der Waals surface area contributed by atoms with E-state index < -0.39 is 23.3 Å². The van der Waals surface area contributed by atoms with E-state index in [9.17, 15) is 14.0 Å². The van der Waals surface area contributed by atoms with Crippen LogP contribution in [0.4, 0.5) is 10.2 Å². The molecule has 0 aliphatic heterocycles. The second-order valence-corrected chi connectivity index (χ2v) is 8.01. The summed E-state index contributed by atoms with van der Waals surface area (Å²) in [5.74, 6) is -1.75. The first-order valence-electron chi connectivity index (χ1n) is 9.32. The zero-order valence-corrected chi connectivity index (χ0v) is 18.2. The Hall–Kier alpha value is -3.39. The van der Waals surface area contributed by atoms with E-state index in [2.05, 4.69) is 10.3 Å². The van der Waals surface area contributed by atoms with Crippen LogP contribution in [0.5, 0.6) is 6.01 Å². The van der Waals surface area contributed by atoms with E-state index in [1.165, 1.54) is 35.9 Å². The van der Waals surface area contributed by atoms with Crippen molar-refractivity contribution in [3.8, 4) is 11.7 Å². The zero-order valence-electron chi connectivity index (χ0n) is 17.4. The van der Waals surface area contributed by atoms with Crippen molar-refractivity contribution in [1.82, 2.24) is 9.55 Å². The number of imidazole rings is 1. The molecule has 0 saturated heterocycles. The number of amides is 1. The molecule has 0 fully saturated rings. The summed E-state index contributed by atoms with van der Waals surface area (Å²) in [6.07, 6.45) is 0. The lowest BCUT2D eigenvalue weighted by molar-refractivity contribution is 0.00611. The number of hydrogen-bond donors (Lipinski definition) is 1. The molecule has 0 radical (unpaired) electrons. The van der Waals surface area contributed by atoms with Gasteiger partial charge in [-0.2, -0.15) is 4.98 Å². The molecule has 31 heavy (non-hydrogen) atoms. The molecule has 0 atom stereocenters. The molecule has 0 saturated carbocycles. The lowest BCUT2D eigenvalue weighted by atomic mass is 10.2. The third kappa shape index (κ3) is 5.21. The van der Waals surface area contributed by atoms with Crippen LogP contribution < -0.4 is 10.1 Å². The maximum atomic E-state index is 13.4. The fraction of sp³-hybridized carbons (Fsp3) is 0.227. The third-order valence-corrected chi connectivity index (χ3v) is 4.30. The number of nitrogens with zero attached hydrogens (tertiary/aromatic N) is 2. The van der Waals surface area contributed by atoms with Gasteiger partial charge in [-0.3, -0.25) is 9.36 Å². The predicted octanol–water partition coefficient (Wildman–Crippen LogP) is 4.88. The average molecular weight is 446 g/mol. The molecular formula is C22H21ClFN3O4. The maximum Gasteiger partial charge on any atom is 0.359 e. The van der Waals surface area contributed by atoms with Crippen LogP contribution in [0.15, 0.2) is 48.5 Å². The molecule has 7 nitrogen and oxygen atoms in total. The second-order valence-electron chi connectivity index (χ2n) is 7.57. The Balaban J connectivity index is 2.11. The molecule has 2 aromatic carbocycles.